The van der Waals surface area contributed by atoms with Crippen LogP contribution in [0.15, 0.2) is 48.8 Å². The van der Waals surface area contributed by atoms with E-state index in [2.05, 4.69) is 15.6 Å². The molecular weight excluding hydrogens is 332 g/mol. The van der Waals surface area contributed by atoms with Crippen LogP contribution in [0.25, 0.3) is 0 Å². The first-order chi connectivity index (χ1) is 12.5. The van der Waals surface area contributed by atoms with Gasteiger partial charge in [0.25, 0.3) is 5.91 Å². The molecule has 0 bridgehead atoms. The first kappa shape index (κ1) is 17.6. The minimum Gasteiger partial charge on any atom is -0.344 e. The molecular formula is C19H20N4O3. The monoisotopic (exact) mass is 352 g/mol. The molecule has 0 aliphatic carbocycles. The Morgan fingerprint density at radius 2 is 1.81 bits per heavy atom. The van der Waals surface area contributed by atoms with Gasteiger partial charge in [0, 0.05) is 36.2 Å². The molecule has 7 nitrogen and oxygen atoms in total. The molecule has 0 saturated heterocycles. The maximum absolute atomic E-state index is 12.7. The Balaban J connectivity index is 1.69. The predicted octanol–water partition coefficient (Wildman–Crippen LogP) is 1.31. The summed E-state index contributed by atoms with van der Waals surface area (Å²) in [5.41, 5.74) is 2.28. The van der Waals surface area contributed by atoms with Gasteiger partial charge in [-0.3, -0.25) is 19.4 Å². The average Bonchev–Trinajstić information content (AvgIpc) is 2.92. The largest absolute Gasteiger partial charge is 0.344 e. The predicted molar refractivity (Wildman–Crippen MR) is 96.0 cm³/mol. The Labute approximate surface area is 151 Å². The quantitative estimate of drug-likeness (QED) is 0.812. The van der Waals surface area contributed by atoms with Gasteiger partial charge in [0.15, 0.2) is 0 Å². The van der Waals surface area contributed by atoms with Gasteiger partial charge >= 0.3 is 11.8 Å². The lowest BCUT2D eigenvalue weighted by molar-refractivity contribution is -0.140. The number of rotatable bonds is 4. The van der Waals surface area contributed by atoms with E-state index in [0.717, 1.165) is 11.3 Å². The number of carbonyl (C=O) groups is 3. The van der Waals surface area contributed by atoms with Crippen LogP contribution in [0.1, 0.15) is 31.0 Å². The van der Waals surface area contributed by atoms with Gasteiger partial charge < -0.3 is 15.5 Å². The van der Waals surface area contributed by atoms with Crippen molar-refractivity contribution in [3.05, 3.63) is 59.9 Å². The number of benzene rings is 1. The van der Waals surface area contributed by atoms with E-state index in [-0.39, 0.29) is 18.5 Å². The van der Waals surface area contributed by atoms with Gasteiger partial charge in [-0.25, -0.2) is 0 Å². The van der Waals surface area contributed by atoms with E-state index in [1.54, 1.807) is 41.6 Å². The molecule has 2 aromatic rings. The number of para-hydroxylation sites is 1. The number of hydrogen-bond donors (Lipinski definition) is 2. The zero-order valence-corrected chi connectivity index (χ0v) is 14.6. The molecule has 1 aliphatic rings. The van der Waals surface area contributed by atoms with Crippen molar-refractivity contribution < 1.29 is 14.4 Å². The molecule has 1 aromatic heterocycles. The summed E-state index contributed by atoms with van der Waals surface area (Å²) < 4.78 is 0. The molecule has 26 heavy (non-hydrogen) atoms. The fourth-order valence-corrected chi connectivity index (χ4v) is 2.97. The fourth-order valence-electron chi connectivity index (χ4n) is 2.97. The molecule has 0 fully saturated rings. The normalized spacial score (nSPS) is 15.7. The highest BCUT2D eigenvalue weighted by Gasteiger charge is 2.39. The van der Waals surface area contributed by atoms with Gasteiger partial charge in [-0.15, -0.1) is 0 Å². The number of carbonyl (C=O) groups excluding carboxylic acids is 3. The number of fused-ring (bicyclic) bond motifs is 1. The first-order valence-corrected chi connectivity index (χ1v) is 8.38. The summed E-state index contributed by atoms with van der Waals surface area (Å²) in [6.07, 6.45) is 3.21. The van der Waals surface area contributed by atoms with Crippen molar-refractivity contribution >= 4 is 23.4 Å². The van der Waals surface area contributed by atoms with Crippen molar-refractivity contribution in [2.24, 2.45) is 0 Å². The van der Waals surface area contributed by atoms with E-state index in [9.17, 15) is 14.4 Å². The molecule has 1 unspecified atom stereocenters. The number of hydrogen-bond acceptors (Lipinski definition) is 4. The van der Waals surface area contributed by atoms with Crippen LogP contribution < -0.4 is 15.5 Å². The minimum atomic E-state index is -0.854. The molecule has 2 heterocycles. The van der Waals surface area contributed by atoms with Gasteiger partial charge in [-0.05, 0) is 37.6 Å². The second kappa shape index (κ2) is 7.35. The lowest BCUT2D eigenvalue weighted by Gasteiger charge is -2.22. The van der Waals surface area contributed by atoms with Crippen molar-refractivity contribution in [2.45, 2.75) is 32.5 Å². The Kier molecular flexibility index (Phi) is 4.97. The second-order valence-corrected chi connectivity index (χ2v) is 6.31. The average molecular weight is 352 g/mol. The third-order valence-corrected chi connectivity index (χ3v) is 4.19. The standard InChI is InChI=1S/C19H20N4O3/c1-12(2)23-15-6-4-3-5-14(15)16(19(23)26)22-18(25)17(24)21-11-13-7-9-20-10-8-13/h3-10,12,16H,11H2,1-2H3,(H,21,24)(H,22,25). The van der Waals surface area contributed by atoms with Gasteiger partial charge in [0.1, 0.15) is 6.04 Å². The maximum Gasteiger partial charge on any atom is 0.310 e. The van der Waals surface area contributed by atoms with E-state index < -0.39 is 17.9 Å². The van der Waals surface area contributed by atoms with Crippen LogP contribution in [0, 0.1) is 0 Å². The van der Waals surface area contributed by atoms with E-state index in [1.165, 1.54) is 0 Å². The van der Waals surface area contributed by atoms with E-state index in [1.807, 2.05) is 26.0 Å². The van der Waals surface area contributed by atoms with Gasteiger partial charge in [0.2, 0.25) is 0 Å². The van der Waals surface area contributed by atoms with Crippen molar-refractivity contribution in [3.63, 3.8) is 0 Å². The molecule has 3 amide bonds. The van der Waals surface area contributed by atoms with Crippen molar-refractivity contribution in [1.82, 2.24) is 15.6 Å². The van der Waals surface area contributed by atoms with Gasteiger partial charge in [-0.1, -0.05) is 18.2 Å². The van der Waals surface area contributed by atoms with Crippen LogP contribution in [0.2, 0.25) is 0 Å². The second-order valence-electron chi connectivity index (χ2n) is 6.31. The van der Waals surface area contributed by atoms with Gasteiger partial charge in [0.05, 0.1) is 0 Å². The number of pyridine rings is 1. The summed E-state index contributed by atoms with van der Waals surface area (Å²) in [5, 5.41) is 5.09. The highest BCUT2D eigenvalue weighted by Crippen LogP contribution is 2.36. The highest BCUT2D eigenvalue weighted by atomic mass is 16.2. The molecule has 2 N–H and O–H groups in total. The molecule has 1 atom stereocenters. The van der Waals surface area contributed by atoms with Crippen LogP contribution in [0.4, 0.5) is 5.69 Å². The minimum absolute atomic E-state index is 0.0499. The molecule has 0 radical (unpaired) electrons. The molecule has 0 saturated carbocycles. The Hall–Kier alpha value is -3.22. The van der Waals surface area contributed by atoms with E-state index in [4.69, 9.17) is 0 Å². The lowest BCUT2D eigenvalue weighted by Crippen LogP contribution is -2.45. The molecule has 3 rings (SSSR count). The Bertz CT molecular complexity index is 836. The first-order valence-electron chi connectivity index (χ1n) is 8.38. The highest BCUT2D eigenvalue weighted by molar-refractivity contribution is 6.35. The maximum atomic E-state index is 12.7. The number of anilines is 1. The van der Waals surface area contributed by atoms with Crippen molar-refractivity contribution in [3.8, 4) is 0 Å². The summed E-state index contributed by atoms with van der Waals surface area (Å²) in [6, 6.07) is 9.86. The van der Waals surface area contributed by atoms with E-state index >= 15 is 0 Å². The zero-order chi connectivity index (χ0) is 18.7. The lowest BCUT2D eigenvalue weighted by atomic mass is 10.1. The van der Waals surface area contributed by atoms with Crippen molar-refractivity contribution in [2.75, 3.05) is 4.90 Å². The molecule has 1 aromatic carbocycles. The summed E-state index contributed by atoms with van der Waals surface area (Å²) in [5.74, 6) is -1.86. The number of nitrogens with zero attached hydrogens (tertiary/aromatic N) is 2. The molecule has 0 spiro atoms. The Morgan fingerprint density at radius 1 is 1.12 bits per heavy atom. The zero-order valence-electron chi connectivity index (χ0n) is 14.6. The number of amides is 3. The third kappa shape index (κ3) is 3.42. The number of aromatic nitrogens is 1. The van der Waals surface area contributed by atoms with Crippen LogP contribution >= 0.6 is 0 Å². The van der Waals surface area contributed by atoms with Gasteiger partial charge in [-0.2, -0.15) is 0 Å². The smallest absolute Gasteiger partial charge is 0.310 e. The topological polar surface area (TPSA) is 91.4 Å². The summed E-state index contributed by atoms with van der Waals surface area (Å²) in [7, 11) is 0. The van der Waals surface area contributed by atoms with Crippen LogP contribution in [-0.2, 0) is 20.9 Å². The summed E-state index contributed by atoms with van der Waals surface area (Å²) in [6.45, 7) is 4.02. The van der Waals surface area contributed by atoms with E-state index in [0.29, 0.717) is 5.56 Å². The fraction of sp³-hybridized carbons (Fsp3) is 0.263. The SMILES string of the molecule is CC(C)N1C(=O)C(NC(=O)C(=O)NCc2ccncc2)c2ccccc21. The van der Waals surface area contributed by atoms with Crippen LogP contribution in [0.5, 0.6) is 0 Å². The third-order valence-electron chi connectivity index (χ3n) is 4.19. The molecule has 134 valence electrons. The Morgan fingerprint density at radius 3 is 2.50 bits per heavy atom. The van der Waals surface area contributed by atoms with Crippen LogP contribution in [-0.4, -0.2) is 28.7 Å². The molecule has 1 aliphatic heterocycles. The summed E-state index contributed by atoms with van der Waals surface area (Å²) in [4.78, 5) is 42.6. The van der Waals surface area contributed by atoms with Crippen molar-refractivity contribution in [1.29, 1.82) is 0 Å². The number of nitrogens with one attached hydrogen (secondary N) is 2. The van der Waals surface area contributed by atoms with Crippen LogP contribution in [0.3, 0.4) is 0 Å². The molecule has 7 heteroatoms. The summed E-state index contributed by atoms with van der Waals surface area (Å²) >= 11 is 0.